The molecule has 3 nitrogen and oxygen atoms in total. The minimum atomic E-state index is 0.253. The number of rotatable bonds is 1. The first kappa shape index (κ1) is 8.75. The Balaban J connectivity index is 2.36. The van der Waals surface area contributed by atoms with Crippen LogP contribution in [0.3, 0.4) is 0 Å². The molecular weight excluding hydrogens is 162 g/mol. The van der Waals surface area contributed by atoms with Crippen molar-refractivity contribution in [3.05, 3.63) is 17.5 Å². The van der Waals surface area contributed by atoms with Gasteiger partial charge in [-0.1, -0.05) is 0 Å². The third-order valence-corrected chi connectivity index (χ3v) is 2.90. The zero-order valence-electron chi connectivity index (χ0n) is 8.33. The van der Waals surface area contributed by atoms with E-state index in [4.69, 9.17) is 5.73 Å². The zero-order valence-corrected chi connectivity index (χ0v) is 8.33. The summed E-state index contributed by atoms with van der Waals surface area (Å²) >= 11 is 0. The lowest BCUT2D eigenvalue weighted by Gasteiger charge is -2.24. The maximum atomic E-state index is 5.95. The molecule has 1 heterocycles. The van der Waals surface area contributed by atoms with Crippen molar-refractivity contribution in [2.75, 3.05) is 0 Å². The van der Waals surface area contributed by atoms with Crippen LogP contribution in [0.15, 0.2) is 6.20 Å². The topological polar surface area (TPSA) is 43.8 Å². The molecule has 1 aliphatic carbocycles. The van der Waals surface area contributed by atoms with Gasteiger partial charge in [-0.25, -0.2) is 0 Å². The van der Waals surface area contributed by atoms with E-state index in [0.717, 1.165) is 6.42 Å². The largest absolute Gasteiger partial charge is 0.327 e. The molecule has 2 rings (SSSR count). The van der Waals surface area contributed by atoms with Crippen LogP contribution in [0.4, 0.5) is 0 Å². The fourth-order valence-corrected chi connectivity index (χ4v) is 2.25. The molecule has 2 N–H and O–H groups in total. The van der Waals surface area contributed by atoms with Crippen LogP contribution in [0.5, 0.6) is 0 Å². The highest BCUT2D eigenvalue weighted by Crippen LogP contribution is 2.32. The highest BCUT2D eigenvalue weighted by Gasteiger charge is 2.25. The fourth-order valence-electron chi connectivity index (χ4n) is 2.25. The normalized spacial score (nSPS) is 24.1. The summed E-state index contributed by atoms with van der Waals surface area (Å²) in [4.78, 5) is 0. The maximum Gasteiger partial charge on any atom is 0.0659 e. The van der Waals surface area contributed by atoms with E-state index >= 15 is 0 Å². The van der Waals surface area contributed by atoms with Gasteiger partial charge in [-0.2, -0.15) is 5.10 Å². The van der Waals surface area contributed by atoms with Gasteiger partial charge in [0.15, 0.2) is 0 Å². The van der Waals surface area contributed by atoms with Gasteiger partial charge in [-0.15, -0.1) is 0 Å². The Morgan fingerprint density at radius 1 is 1.69 bits per heavy atom. The van der Waals surface area contributed by atoms with Gasteiger partial charge in [-0.3, -0.25) is 4.68 Å². The van der Waals surface area contributed by atoms with Gasteiger partial charge in [0.1, 0.15) is 0 Å². The van der Waals surface area contributed by atoms with Crippen molar-refractivity contribution in [2.24, 2.45) is 12.8 Å². The average Bonchev–Trinajstić information content (AvgIpc) is 2.43. The molecular formula is C10H17N3. The molecule has 0 aliphatic heterocycles. The smallest absolute Gasteiger partial charge is 0.0659 e. The molecule has 0 radical (unpaired) electrons. The SMILES string of the molecule is CC(N)C1CCCc2nn(C)cc21. The minimum Gasteiger partial charge on any atom is -0.327 e. The molecule has 2 unspecified atom stereocenters. The lowest BCUT2D eigenvalue weighted by Crippen LogP contribution is -2.27. The van der Waals surface area contributed by atoms with Crippen LogP contribution in [0.2, 0.25) is 0 Å². The Bertz CT molecular complexity index is 301. The van der Waals surface area contributed by atoms with Crippen LogP contribution in [0.25, 0.3) is 0 Å². The molecule has 0 aromatic carbocycles. The quantitative estimate of drug-likeness (QED) is 0.703. The van der Waals surface area contributed by atoms with E-state index in [0.29, 0.717) is 5.92 Å². The predicted molar refractivity (Wildman–Crippen MR) is 52.5 cm³/mol. The molecule has 72 valence electrons. The first-order chi connectivity index (χ1) is 6.18. The molecule has 0 saturated heterocycles. The van der Waals surface area contributed by atoms with Crippen LogP contribution in [-0.4, -0.2) is 15.8 Å². The summed E-state index contributed by atoms with van der Waals surface area (Å²) in [5.41, 5.74) is 8.59. The predicted octanol–water partition coefficient (Wildman–Crippen LogP) is 1.19. The van der Waals surface area contributed by atoms with Crippen LogP contribution in [0, 0.1) is 0 Å². The maximum absolute atomic E-state index is 5.95. The first-order valence-corrected chi connectivity index (χ1v) is 4.96. The third-order valence-electron chi connectivity index (χ3n) is 2.90. The highest BCUT2D eigenvalue weighted by atomic mass is 15.3. The fraction of sp³-hybridized carbons (Fsp3) is 0.700. The van der Waals surface area contributed by atoms with E-state index in [9.17, 15) is 0 Å². The van der Waals surface area contributed by atoms with Gasteiger partial charge in [0, 0.05) is 25.2 Å². The van der Waals surface area contributed by atoms with Gasteiger partial charge in [0.05, 0.1) is 5.69 Å². The summed E-state index contributed by atoms with van der Waals surface area (Å²) in [5, 5.41) is 4.44. The second-order valence-corrected chi connectivity index (χ2v) is 4.06. The molecule has 0 amide bonds. The molecule has 0 fully saturated rings. The summed E-state index contributed by atoms with van der Waals surface area (Å²) in [6.07, 6.45) is 5.70. The molecule has 0 spiro atoms. The third kappa shape index (κ3) is 1.48. The van der Waals surface area contributed by atoms with E-state index < -0.39 is 0 Å². The summed E-state index contributed by atoms with van der Waals surface area (Å²) in [6, 6.07) is 0.253. The van der Waals surface area contributed by atoms with Crippen LogP contribution in [-0.2, 0) is 13.5 Å². The number of nitrogens with zero attached hydrogens (tertiary/aromatic N) is 2. The van der Waals surface area contributed by atoms with E-state index in [1.807, 2.05) is 11.7 Å². The monoisotopic (exact) mass is 179 g/mol. The molecule has 2 atom stereocenters. The first-order valence-electron chi connectivity index (χ1n) is 4.96. The summed E-state index contributed by atoms with van der Waals surface area (Å²) in [7, 11) is 1.98. The molecule has 1 aromatic heterocycles. The van der Waals surface area contributed by atoms with Crippen molar-refractivity contribution in [3.63, 3.8) is 0 Å². The molecule has 1 aliphatic rings. The molecule has 0 bridgehead atoms. The lowest BCUT2D eigenvalue weighted by atomic mass is 9.83. The van der Waals surface area contributed by atoms with E-state index in [-0.39, 0.29) is 6.04 Å². The molecule has 3 heteroatoms. The Hall–Kier alpha value is -0.830. The standard InChI is InChI=1S/C10H17N3/c1-7(11)8-4-3-5-10-9(8)6-13(2)12-10/h6-8H,3-5,11H2,1-2H3. The number of nitrogens with two attached hydrogens (primary N) is 1. The molecule has 0 saturated carbocycles. The van der Waals surface area contributed by atoms with E-state index in [1.165, 1.54) is 24.1 Å². The van der Waals surface area contributed by atoms with Crippen LogP contribution >= 0.6 is 0 Å². The van der Waals surface area contributed by atoms with Crippen LogP contribution < -0.4 is 5.73 Å². The summed E-state index contributed by atoms with van der Waals surface area (Å²) in [5.74, 6) is 0.525. The van der Waals surface area contributed by atoms with Crippen LogP contribution in [0.1, 0.15) is 36.9 Å². The van der Waals surface area contributed by atoms with Crippen molar-refractivity contribution in [1.29, 1.82) is 0 Å². The number of aromatic nitrogens is 2. The van der Waals surface area contributed by atoms with Crippen molar-refractivity contribution in [3.8, 4) is 0 Å². The number of fused-ring (bicyclic) bond motifs is 1. The molecule has 1 aromatic rings. The van der Waals surface area contributed by atoms with Crippen molar-refractivity contribution < 1.29 is 0 Å². The Morgan fingerprint density at radius 3 is 3.15 bits per heavy atom. The number of aryl methyl sites for hydroxylation is 2. The second-order valence-electron chi connectivity index (χ2n) is 4.06. The van der Waals surface area contributed by atoms with Gasteiger partial charge in [-0.05, 0) is 31.7 Å². The highest BCUT2D eigenvalue weighted by molar-refractivity contribution is 5.26. The molecule has 13 heavy (non-hydrogen) atoms. The number of hydrogen-bond acceptors (Lipinski definition) is 2. The Kier molecular flexibility index (Phi) is 2.12. The minimum absolute atomic E-state index is 0.253. The lowest BCUT2D eigenvalue weighted by molar-refractivity contribution is 0.483. The van der Waals surface area contributed by atoms with Gasteiger partial charge < -0.3 is 5.73 Å². The zero-order chi connectivity index (χ0) is 9.42. The summed E-state index contributed by atoms with van der Waals surface area (Å²) in [6.45, 7) is 2.09. The van der Waals surface area contributed by atoms with Gasteiger partial charge in [0.2, 0.25) is 0 Å². The second kappa shape index (κ2) is 3.14. The number of hydrogen-bond donors (Lipinski definition) is 1. The average molecular weight is 179 g/mol. The van der Waals surface area contributed by atoms with E-state index in [1.54, 1.807) is 0 Å². The van der Waals surface area contributed by atoms with Crippen molar-refractivity contribution in [1.82, 2.24) is 9.78 Å². The van der Waals surface area contributed by atoms with Crippen molar-refractivity contribution in [2.45, 2.75) is 38.1 Å². The summed E-state index contributed by atoms with van der Waals surface area (Å²) < 4.78 is 1.91. The Morgan fingerprint density at radius 2 is 2.46 bits per heavy atom. The van der Waals surface area contributed by atoms with Crippen molar-refractivity contribution >= 4 is 0 Å². The van der Waals surface area contributed by atoms with E-state index in [2.05, 4.69) is 18.2 Å². The van der Waals surface area contributed by atoms with Gasteiger partial charge in [0.25, 0.3) is 0 Å². The van der Waals surface area contributed by atoms with Gasteiger partial charge >= 0.3 is 0 Å². The Labute approximate surface area is 78.9 Å².